The van der Waals surface area contributed by atoms with E-state index in [9.17, 15) is 8.42 Å². The lowest BCUT2D eigenvalue weighted by Crippen LogP contribution is -2.41. The largest absolute Gasteiger partial charge is 0.355 e. The highest BCUT2D eigenvalue weighted by Gasteiger charge is 2.13. The smallest absolute Gasteiger partial charge is 0.250 e. The van der Waals surface area contributed by atoms with Gasteiger partial charge < -0.3 is 10.6 Å². The number of thiophene rings is 1. The first-order valence-electron chi connectivity index (χ1n) is 7.54. The Bertz CT molecular complexity index is 760. The molecule has 25 heavy (non-hydrogen) atoms. The van der Waals surface area contributed by atoms with Gasteiger partial charge in [-0.1, -0.05) is 35.9 Å². The van der Waals surface area contributed by atoms with Crippen LogP contribution in [0.1, 0.15) is 11.1 Å². The van der Waals surface area contributed by atoms with Crippen LogP contribution in [0.2, 0.25) is 0 Å². The third-order valence-electron chi connectivity index (χ3n) is 3.27. The Labute approximate surface area is 170 Å². The van der Waals surface area contributed by atoms with Crippen LogP contribution in [0.25, 0.3) is 0 Å². The number of nitrogens with zero attached hydrogens (tertiary/aromatic N) is 1. The van der Waals surface area contributed by atoms with Gasteiger partial charge in [-0.3, -0.25) is 4.99 Å². The molecule has 3 N–H and O–H groups in total. The summed E-state index contributed by atoms with van der Waals surface area (Å²) in [5, 5.41) is 8.02. The van der Waals surface area contributed by atoms with Gasteiger partial charge in [-0.25, -0.2) is 13.1 Å². The number of hydrogen-bond acceptors (Lipinski definition) is 4. The molecule has 6 nitrogen and oxygen atoms in total. The average molecular weight is 494 g/mol. The molecule has 1 aromatic carbocycles. The molecule has 1 heterocycles. The van der Waals surface area contributed by atoms with E-state index in [0.29, 0.717) is 23.3 Å². The molecule has 0 radical (unpaired) electrons. The summed E-state index contributed by atoms with van der Waals surface area (Å²) in [4.78, 5) is 4.12. The lowest BCUT2D eigenvalue weighted by molar-refractivity contribution is 0.582. The van der Waals surface area contributed by atoms with E-state index in [0.717, 1.165) is 5.56 Å². The fourth-order valence-electron chi connectivity index (χ4n) is 1.97. The molecule has 0 spiro atoms. The van der Waals surface area contributed by atoms with Gasteiger partial charge in [-0.05, 0) is 23.9 Å². The van der Waals surface area contributed by atoms with Crippen LogP contribution in [0, 0.1) is 6.92 Å². The first kappa shape index (κ1) is 21.9. The van der Waals surface area contributed by atoms with E-state index >= 15 is 0 Å². The normalized spacial score (nSPS) is 11.7. The van der Waals surface area contributed by atoms with Gasteiger partial charge in [-0.2, -0.15) is 0 Å². The van der Waals surface area contributed by atoms with Gasteiger partial charge >= 0.3 is 0 Å². The highest BCUT2D eigenvalue weighted by molar-refractivity contribution is 14.0. The van der Waals surface area contributed by atoms with Crippen LogP contribution in [0.15, 0.2) is 51.0 Å². The van der Waals surface area contributed by atoms with Crippen molar-refractivity contribution in [3.05, 3.63) is 52.9 Å². The van der Waals surface area contributed by atoms with E-state index in [1.54, 1.807) is 24.6 Å². The first-order chi connectivity index (χ1) is 11.5. The Morgan fingerprint density at radius 3 is 2.44 bits per heavy atom. The van der Waals surface area contributed by atoms with Crippen molar-refractivity contribution in [3.63, 3.8) is 0 Å². The van der Waals surface area contributed by atoms with Crippen LogP contribution >= 0.6 is 35.3 Å². The summed E-state index contributed by atoms with van der Waals surface area (Å²) in [6, 6.07) is 11.5. The molecule has 1 aromatic heterocycles. The van der Waals surface area contributed by atoms with Crippen molar-refractivity contribution in [1.29, 1.82) is 0 Å². The maximum atomic E-state index is 12.0. The molecule has 0 unspecified atom stereocenters. The van der Waals surface area contributed by atoms with Crippen LogP contribution in [0.5, 0.6) is 0 Å². The first-order valence-corrected chi connectivity index (χ1v) is 9.91. The van der Waals surface area contributed by atoms with E-state index in [4.69, 9.17) is 0 Å². The number of benzene rings is 1. The van der Waals surface area contributed by atoms with Crippen LogP contribution in [0.4, 0.5) is 0 Å². The van der Waals surface area contributed by atoms with Gasteiger partial charge in [0.05, 0.1) is 0 Å². The van der Waals surface area contributed by atoms with Crippen molar-refractivity contribution in [2.45, 2.75) is 17.7 Å². The highest BCUT2D eigenvalue weighted by atomic mass is 127. The van der Waals surface area contributed by atoms with Gasteiger partial charge in [0.25, 0.3) is 0 Å². The molecular weight excluding hydrogens is 471 g/mol. The van der Waals surface area contributed by atoms with Crippen LogP contribution in [-0.4, -0.2) is 34.5 Å². The maximum Gasteiger partial charge on any atom is 0.250 e. The number of aryl methyl sites for hydroxylation is 1. The molecule has 138 valence electrons. The van der Waals surface area contributed by atoms with Crippen LogP contribution < -0.4 is 15.4 Å². The van der Waals surface area contributed by atoms with Crippen molar-refractivity contribution in [2.75, 3.05) is 20.1 Å². The molecule has 2 rings (SSSR count). The highest BCUT2D eigenvalue weighted by Crippen LogP contribution is 2.14. The number of rotatable bonds is 7. The summed E-state index contributed by atoms with van der Waals surface area (Å²) in [7, 11) is -1.73. The Balaban J connectivity index is 0.00000312. The van der Waals surface area contributed by atoms with Crippen molar-refractivity contribution in [3.8, 4) is 0 Å². The third-order valence-corrected chi connectivity index (χ3v) is 6.13. The van der Waals surface area contributed by atoms with Gasteiger partial charge in [0.2, 0.25) is 10.0 Å². The predicted octanol–water partition coefficient (Wildman–Crippen LogP) is 2.32. The van der Waals surface area contributed by atoms with Crippen molar-refractivity contribution < 1.29 is 8.42 Å². The summed E-state index contributed by atoms with van der Waals surface area (Å²) >= 11 is 1.20. The monoisotopic (exact) mass is 494 g/mol. The minimum Gasteiger partial charge on any atom is -0.355 e. The second-order valence-electron chi connectivity index (χ2n) is 5.17. The minimum atomic E-state index is -3.41. The molecule has 0 bridgehead atoms. The zero-order chi connectivity index (χ0) is 17.4. The molecule has 0 saturated carbocycles. The summed E-state index contributed by atoms with van der Waals surface area (Å²) in [5.41, 5.74) is 2.38. The Hall–Kier alpha value is -1.17. The lowest BCUT2D eigenvalue weighted by Gasteiger charge is -2.12. The maximum absolute atomic E-state index is 12.0. The molecule has 9 heteroatoms. The number of sulfonamides is 1. The van der Waals surface area contributed by atoms with Crippen LogP contribution in [0.3, 0.4) is 0 Å². The molecule has 0 aliphatic carbocycles. The van der Waals surface area contributed by atoms with E-state index < -0.39 is 10.0 Å². The molecule has 0 amide bonds. The van der Waals surface area contributed by atoms with Crippen molar-refractivity contribution >= 4 is 51.3 Å². The number of nitrogens with one attached hydrogen (secondary N) is 3. The number of guanidine groups is 1. The SMILES string of the molecule is CN=C(NCCNS(=O)(=O)c1cccs1)NCc1ccc(C)cc1.I. The van der Waals surface area contributed by atoms with Gasteiger partial charge in [-0.15, -0.1) is 35.3 Å². The van der Waals surface area contributed by atoms with Crippen LogP contribution in [-0.2, 0) is 16.6 Å². The van der Waals surface area contributed by atoms with E-state index in [1.165, 1.54) is 16.9 Å². The molecule has 0 atom stereocenters. The average Bonchev–Trinajstić information content (AvgIpc) is 3.11. The second-order valence-corrected chi connectivity index (χ2v) is 8.11. The molecule has 0 aliphatic rings. The fourth-order valence-corrected chi connectivity index (χ4v) is 4.04. The third kappa shape index (κ3) is 7.30. The van der Waals surface area contributed by atoms with Crippen molar-refractivity contribution in [1.82, 2.24) is 15.4 Å². The second kappa shape index (κ2) is 10.7. The summed E-state index contributed by atoms with van der Waals surface area (Å²) in [5.74, 6) is 0.630. The van der Waals surface area contributed by atoms with E-state index in [2.05, 4.69) is 51.5 Å². The minimum absolute atomic E-state index is 0. The fraction of sp³-hybridized carbons (Fsp3) is 0.312. The summed E-state index contributed by atoms with van der Waals surface area (Å²) in [6.45, 7) is 3.43. The Kier molecular flexibility index (Phi) is 9.39. The van der Waals surface area contributed by atoms with E-state index in [1.807, 2.05) is 0 Å². The van der Waals surface area contributed by atoms with Gasteiger partial charge in [0.15, 0.2) is 5.96 Å². The van der Waals surface area contributed by atoms with Gasteiger partial charge in [0.1, 0.15) is 4.21 Å². The zero-order valence-corrected chi connectivity index (χ0v) is 18.1. The Morgan fingerprint density at radius 1 is 1.12 bits per heavy atom. The summed E-state index contributed by atoms with van der Waals surface area (Å²) < 4.78 is 26.8. The molecule has 0 saturated heterocycles. The van der Waals surface area contributed by atoms with Crippen molar-refractivity contribution in [2.24, 2.45) is 4.99 Å². The quantitative estimate of drug-likeness (QED) is 0.239. The lowest BCUT2D eigenvalue weighted by atomic mass is 10.1. The number of aliphatic imine (C=N–C) groups is 1. The number of hydrogen-bond donors (Lipinski definition) is 3. The Morgan fingerprint density at radius 2 is 1.84 bits per heavy atom. The standard InChI is InChI=1S/C16H22N4O2S2.HI/c1-13-5-7-14(8-6-13)12-19-16(17-2)18-9-10-20-24(21,22)15-4-3-11-23-15;/h3-8,11,20H,9-10,12H2,1-2H3,(H2,17,18,19);1H. The van der Waals surface area contributed by atoms with Gasteiger partial charge in [0, 0.05) is 26.7 Å². The molecule has 0 fully saturated rings. The zero-order valence-electron chi connectivity index (χ0n) is 14.2. The summed E-state index contributed by atoms with van der Waals surface area (Å²) in [6.07, 6.45) is 0. The predicted molar refractivity (Wildman–Crippen MR) is 114 cm³/mol. The molecule has 2 aromatic rings. The van der Waals surface area contributed by atoms with E-state index in [-0.39, 0.29) is 30.5 Å². The topological polar surface area (TPSA) is 82.6 Å². The molecular formula is C16H23IN4O2S2. The molecule has 0 aliphatic heterocycles. The number of halogens is 1.